The lowest BCUT2D eigenvalue weighted by Crippen LogP contribution is -2.39. The number of fused-ring (bicyclic) bond motifs is 1. The first-order valence-electron chi connectivity index (χ1n) is 9.33. The van der Waals surface area contributed by atoms with E-state index in [9.17, 15) is 9.90 Å². The Morgan fingerprint density at radius 1 is 1.28 bits per heavy atom. The van der Waals surface area contributed by atoms with Gasteiger partial charge in [0.2, 0.25) is 0 Å². The second-order valence-corrected chi connectivity index (χ2v) is 7.83. The molecular formula is C21H29NO3. The molecule has 4 nitrogen and oxygen atoms in total. The molecule has 2 unspecified atom stereocenters. The van der Waals surface area contributed by atoms with Gasteiger partial charge in [0.05, 0.1) is 6.10 Å². The summed E-state index contributed by atoms with van der Waals surface area (Å²) in [7, 11) is 0. The molecule has 25 heavy (non-hydrogen) atoms. The number of hydrogen-bond donors (Lipinski definition) is 1. The summed E-state index contributed by atoms with van der Waals surface area (Å²) in [6.45, 7) is 10.9. The van der Waals surface area contributed by atoms with Gasteiger partial charge < -0.3 is 9.52 Å². The third kappa shape index (κ3) is 3.96. The van der Waals surface area contributed by atoms with Gasteiger partial charge >= 0.3 is 5.63 Å². The zero-order chi connectivity index (χ0) is 18.1. The Morgan fingerprint density at radius 2 is 2.04 bits per heavy atom. The van der Waals surface area contributed by atoms with Crippen LogP contribution < -0.4 is 5.63 Å². The smallest absolute Gasteiger partial charge is 0.336 e. The van der Waals surface area contributed by atoms with Gasteiger partial charge in [-0.15, -0.1) is 0 Å². The third-order valence-corrected chi connectivity index (χ3v) is 5.46. The molecule has 1 aromatic heterocycles. The highest BCUT2D eigenvalue weighted by Gasteiger charge is 2.24. The first-order valence-corrected chi connectivity index (χ1v) is 9.33. The van der Waals surface area contributed by atoms with Crippen LogP contribution in [0.5, 0.6) is 0 Å². The minimum atomic E-state index is -0.289. The predicted molar refractivity (Wildman–Crippen MR) is 101 cm³/mol. The van der Waals surface area contributed by atoms with Crippen LogP contribution in [-0.2, 0) is 6.54 Å². The molecule has 0 amide bonds. The number of likely N-dealkylation sites (tertiary alicyclic amines) is 1. The largest absolute Gasteiger partial charge is 0.423 e. The van der Waals surface area contributed by atoms with Gasteiger partial charge in [-0.3, -0.25) is 4.90 Å². The van der Waals surface area contributed by atoms with Crippen molar-refractivity contribution in [2.24, 2.45) is 5.92 Å². The van der Waals surface area contributed by atoms with E-state index in [4.69, 9.17) is 4.42 Å². The van der Waals surface area contributed by atoms with E-state index in [-0.39, 0.29) is 11.7 Å². The van der Waals surface area contributed by atoms with Gasteiger partial charge in [0.15, 0.2) is 0 Å². The third-order valence-electron chi connectivity index (χ3n) is 5.46. The number of benzene rings is 1. The fraction of sp³-hybridized carbons (Fsp3) is 0.571. The van der Waals surface area contributed by atoms with Crippen molar-refractivity contribution in [3.05, 3.63) is 45.3 Å². The molecular weight excluding hydrogens is 314 g/mol. The Hall–Kier alpha value is -1.65. The van der Waals surface area contributed by atoms with Crippen LogP contribution in [0.1, 0.15) is 56.2 Å². The Morgan fingerprint density at radius 3 is 2.72 bits per heavy atom. The Kier molecular flexibility index (Phi) is 5.30. The highest BCUT2D eigenvalue weighted by Crippen LogP contribution is 2.28. The zero-order valence-electron chi connectivity index (χ0n) is 15.7. The van der Waals surface area contributed by atoms with E-state index < -0.39 is 0 Å². The first-order chi connectivity index (χ1) is 11.8. The Balaban J connectivity index is 1.97. The van der Waals surface area contributed by atoms with Crippen molar-refractivity contribution < 1.29 is 9.52 Å². The standard InChI is InChI=1S/C21H29NO3/c1-13(2)18-10-19-17(9-21(24)25-20(19)8-14(18)3)12-22-7-5-6-16(11-22)15(4)23/h8-10,13,15-16,23H,5-7,11-12H2,1-4H3. The number of hydrogen-bond acceptors (Lipinski definition) is 4. The Bertz CT molecular complexity index is 807. The van der Waals surface area contributed by atoms with Crippen LogP contribution in [-0.4, -0.2) is 29.2 Å². The zero-order valence-corrected chi connectivity index (χ0v) is 15.7. The summed E-state index contributed by atoms with van der Waals surface area (Å²) in [6, 6.07) is 5.81. The van der Waals surface area contributed by atoms with Crippen LogP contribution >= 0.6 is 0 Å². The summed E-state index contributed by atoms with van der Waals surface area (Å²) in [5, 5.41) is 10.9. The minimum Gasteiger partial charge on any atom is -0.423 e. The molecule has 0 aliphatic carbocycles. The van der Waals surface area contributed by atoms with Crippen molar-refractivity contribution in [2.75, 3.05) is 13.1 Å². The molecule has 1 aliphatic rings. The lowest BCUT2D eigenvalue weighted by atomic mass is 9.92. The SMILES string of the molecule is Cc1cc2oc(=O)cc(CN3CCCC(C(C)O)C3)c2cc1C(C)C. The van der Waals surface area contributed by atoms with Gasteiger partial charge in [-0.25, -0.2) is 4.79 Å². The van der Waals surface area contributed by atoms with Gasteiger partial charge in [-0.05, 0) is 73.9 Å². The van der Waals surface area contributed by atoms with Gasteiger partial charge in [-0.1, -0.05) is 13.8 Å². The van der Waals surface area contributed by atoms with Crippen LogP contribution in [0.15, 0.2) is 27.4 Å². The van der Waals surface area contributed by atoms with Gasteiger partial charge in [0, 0.05) is 24.5 Å². The van der Waals surface area contributed by atoms with Gasteiger partial charge in [0.25, 0.3) is 0 Å². The summed E-state index contributed by atoms with van der Waals surface area (Å²) < 4.78 is 5.45. The molecule has 0 bridgehead atoms. The molecule has 1 N–H and O–H groups in total. The molecule has 136 valence electrons. The van der Waals surface area contributed by atoms with E-state index in [2.05, 4.69) is 31.7 Å². The summed E-state index contributed by atoms with van der Waals surface area (Å²) in [6.07, 6.45) is 1.88. The maximum atomic E-state index is 12.0. The van der Waals surface area contributed by atoms with Crippen LogP contribution in [0.4, 0.5) is 0 Å². The number of aryl methyl sites for hydroxylation is 1. The molecule has 0 saturated carbocycles. The van der Waals surface area contributed by atoms with E-state index in [1.165, 1.54) is 5.56 Å². The molecule has 0 radical (unpaired) electrons. The normalized spacial score (nSPS) is 20.3. The maximum absolute atomic E-state index is 12.0. The van der Waals surface area contributed by atoms with Crippen molar-refractivity contribution in [1.82, 2.24) is 4.90 Å². The fourth-order valence-electron chi connectivity index (χ4n) is 4.01. The molecule has 1 saturated heterocycles. The molecule has 2 aromatic rings. The summed E-state index contributed by atoms with van der Waals surface area (Å²) in [5.41, 5.74) is 3.87. The molecule has 4 heteroatoms. The van der Waals surface area contributed by atoms with Crippen molar-refractivity contribution in [2.45, 2.75) is 59.1 Å². The summed E-state index contributed by atoms with van der Waals surface area (Å²) >= 11 is 0. The number of piperidine rings is 1. The number of aliphatic hydroxyl groups excluding tert-OH is 1. The molecule has 1 aliphatic heterocycles. The van der Waals surface area contributed by atoms with Crippen LogP contribution in [0.25, 0.3) is 11.0 Å². The van der Waals surface area contributed by atoms with Crippen molar-refractivity contribution in [1.29, 1.82) is 0 Å². The molecule has 0 spiro atoms. The highest BCUT2D eigenvalue weighted by atomic mass is 16.4. The van der Waals surface area contributed by atoms with E-state index in [1.54, 1.807) is 6.07 Å². The molecule has 1 fully saturated rings. The lowest BCUT2D eigenvalue weighted by molar-refractivity contribution is 0.0600. The van der Waals surface area contributed by atoms with Crippen LogP contribution in [0, 0.1) is 12.8 Å². The van der Waals surface area contributed by atoms with Crippen LogP contribution in [0.3, 0.4) is 0 Å². The monoisotopic (exact) mass is 343 g/mol. The quantitative estimate of drug-likeness (QED) is 0.858. The highest BCUT2D eigenvalue weighted by molar-refractivity contribution is 5.82. The van der Waals surface area contributed by atoms with E-state index in [0.717, 1.165) is 49.0 Å². The average molecular weight is 343 g/mol. The fourth-order valence-corrected chi connectivity index (χ4v) is 4.01. The van der Waals surface area contributed by atoms with E-state index in [1.807, 2.05) is 13.0 Å². The first kappa shape index (κ1) is 18.2. The number of nitrogens with zero attached hydrogens (tertiary/aromatic N) is 1. The molecule has 2 heterocycles. The second kappa shape index (κ2) is 7.30. The minimum absolute atomic E-state index is 0.282. The summed E-state index contributed by atoms with van der Waals surface area (Å²) in [5.74, 6) is 0.743. The maximum Gasteiger partial charge on any atom is 0.336 e. The summed E-state index contributed by atoms with van der Waals surface area (Å²) in [4.78, 5) is 14.4. The predicted octanol–water partition coefficient (Wildman–Crippen LogP) is 3.82. The van der Waals surface area contributed by atoms with E-state index in [0.29, 0.717) is 17.4 Å². The molecule has 1 aromatic carbocycles. The van der Waals surface area contributed by atoms with Crippen molar-refractivity contribution in [3.8, 4) is 0 Å². The van der Waals surface area contributed by atoms with E-state index >= 15 is 0 Å². The topological polar surface area (TPSA) is 53.7 Å². The van der Waals surface area contributed by atoms with Crippen molar-refractivity contribution >= 4 is 11.0 Å². The Labute approximate surface area is 149 Å². The van der Waals surface area contributed by atoms with Gasteiger partial charge in [0.1, 0.15) is 5.58 Å². The molecule has 3 rings (SSSR count). The van der Waals surface area contributed by atoms with Crippen molar-refractivity contribution in [3.63, 3.8) is 0 Å². The molecule has 2 atom stereocenters. The number of aliphatic hydroxyl groups is 1. The van der Waals surface area contributed by atoms with Gasteiger partial charge in [-0.2, -0.15) is 0 Å². The second-order valence-electron chi connectivity index (χ2n) is 7.83. The number of rotatable bonds is 4. The average Bonchev–Trinajstić information content (AvgIpc) is 2.54. The lowest BCUT2D eigenvalue weighted by Gasteiger charge is -2.34. The van der Waals surface area contributed by atoms with Crippen LogP contribution in [0.2, 0.25) is 0 Å².